The molecule has 186 valence electrons. The topological polar surface area (TPSA) is 79.3 Å². The van der Waals surface area contributed by atoms with E-state index in [0.717, 1.165) is 18.7 Å². The molecule has 0 fully saturated rings. The number of nitrogens with one attached hydrogen (secondary N) is 2. The number of aromatic nitrogens is 2. The maximum atomic E-state index is 13.4. The first kappa shape index (κ1) is 26.0. The quantitative estimate of drug-likeness (QED) is 0.667. The summed E-state index contributed by atoms with van der Waals surface area (Å²) in [5.74, 6) is -0.736. The summed E-state index contributed by atoms with van der Waals surface area (Å²) >= 11 is 6.30. The Morgan fingerprint density at radius 2 is 1.85 bits per heavy atom. The second-order valence-electron chi connectivity index (χ2n) is 9.55. The van der Waals surface area contributed by atoms with Gasteiger partial charge < -0.3 is 20.1 Å². The van der Waals surface area contributed by atoms with Gasteiger partial charge in [0.15, 0.2) is 5.69 Å². The fourth-order valence-electron chi connectivity index (χ4n) is 4.00. The minimum Gasteiger partial charge on any atom is -0.357 e. The number of rotatable bonds is 4. The van der Waals surface area contributed by atoms with Crippen LogP contribution in [0.1, 0.15) is 48.9 Å². The number of imidazole rings is 1. The molecule has 1 aliphatic rings. The van der Waals surface area contributed by atoms with Crippen molar-refractivity contribution in [3.63, 3.8) is 0 Å². The molecule has 34 heavy (non-hydrogen) atoms. The zero-order valence-electron chi connectivity index (χ0n) is 19.8. The molecule has 0 radical (unpaired) electrons. The lowest BCUT2D eigenvalue weighted by Gasteiger charge is -2.29. The van der Waals surface area contributed by atoms with E-state index in [1.165, 1.54) is 13.1 Å². The number of amides is 2. The number of likely N-dealkylation sites (N-methyl/N-ethyl adjacent to an activating group) is 1. The second-order valence-corrected chi connectivity index (χ2v) is 9.96. The van der Waals surface area contributed by atoms with Crippen LogP contribution in [-0.4, -0.2) is 52.9 Å². The van der Waals surface area contributed by atoms with Crippen LogP contribution in [0.2, 0.25) is 5.02 Å². The third-order valence-corrected chi connectivity index (χ3v) is 6.14. The van der Waals surface area contributed by atoms with E-state index in [1.54, 1.807) is 4.57 Å². The van der Waals surface area contributed by atoms with Crippen molar-refractivity contribution in [2.45, 2.75) is 52.5 Å². The van der Waals surface area contributed by atoms with Crippen molar-refractivity contribution in [1.29, 1.82) is 0 Å². The summed E-state index contributed by atoms with van der Waals surface area (Å²) in [5.41, 5.74) is -0.717. The molecule has 0 spiro atoms. The second kappa shape index (κ2) is 9.58. The summed E-state index contributed by atoms with van der Waals surface area (Å²) in [4.78, 5) is 32.3. The van der Waals surface area contributed by atoms with Gasteiger partial charge in [0, 0.05) is 25.7 Å². The fourth-order valence-corrected chi connectivity index (χ4v) is 4.20. The van der Waals surface area contributed by atoms with Crippen LogP contribution in [0.5, 0.6) is 0 Å². The number of benzene rings is 1. The molecule has 2 heterocycles. The van der Waals surface area contributed by atoms with Crippen molar-refractivity contribution in [2.24, 2.45) is 5.41 Å². The molecule has 1 aliphatic heterocycles. The normalized spacial score (nSPS) is 15.9. The molecule has 0 aliphatic carbocycles. The first-order valence-electron chi connectivity index (χ1n) is 10.9. The van der Waals surface area contributed by atoms with Crippen LogP contribution in [-0.2, 0) is 24.1 Å². The molecule has 1 unspecified atom stereocenters. The molecule has 0 saturated heterocycles. The lowest BCUT2D eigenvalue weighted by atomic mass is 9.86. The lowest BCUT2D eigenvalue weighted by Crippen LogP contribution is -2.53. The number of carbonyl (C=O) groups excluding carboxylic acids is 2. The van der Waals surface area contributed by atoms with E-state index >= 15 is 0 Å². The molecule has 1 aromatic heterocycles. The van der Waals surface area contributed by atoms with Crippen LogP contribution in [0, 0.1) is 5.41 Å². The van der Waals surface area contributed by atoms with Crippen molar-refractivity contribution in [3.8, 4) is 11.4 Å². The standard InChI is InChI=1S/C23H29ClF3N5O2/c1-22(2,3)18(21(34)28-4)30-20(33)17-16-12-31(5)9-6-10-32(16)19(29-17)14-11-13(23(25,26)27)7-8-15(14)24/h7-8,11,18H,6,9-10,12H2,1-5H3,(H,28,34)(H,30,33). The van der Waals surface area contributed by atoms with Crippen molar-refractivity contribution in [3.05, 3.63) is 40.2 Å². The Morgan fingerprint density at radius 1 is 1.18 bits per heavy atom. The van der Waals surface area contributed by atoms with E-state index in [1.807, 2.05) is 32.7 Å². The summed E-state index contributed by atoms with van der Waals surface area (Å²) in [5, 5.41) is 5.42. The summed E-state index contributed by atoms with van der Waals surface area (Å²) in [6, 6.07) is 2.21. The first-order chi connectivity index (χ1) is 15.7. The van der Waals surface area contributed by atoms with Gasteiger partial charge in [-0.15, -0.1) is 0 Å². The summed E-state index contributed by atoms with van der Waals surface area (Å²) in [7, 11) is 3.38. The van der Waals surface area contributed by atoms with Gasteiger partial charge >= 0.3 is 6.18 Å². The molecule has 1 atom stereocenters. The van der Waals surface area contributed by atoms with Crippen molar-refractivity contribution >= 4 is 23.4 Å². The number of fused-ring (bicyclic) bond motifs is 1. The van der Waals surface area contributed by atoms with Gasteiger partial charge in [0.1, 0.15) is 11.9 Å². The van der Waals surface area contributed by atoms with Crippen LogP contribution in [0.3, 0.4) is 0 Å². The van der Waals surface area contributed by atoms with Gasteiger partial charge in [0.05, 0.1) is 16.3 Å². The van der Waals surface area contributed by atoms with Crippen LogP contribution in [0.15, 0.2) is 18.2 Å². The largest absolute Gasteiger partial charge is 0.416 e. The lowest BCUT2D eigenvalue weighted by molar-refractivity contribution is -0.137. The van der Waals surface area contributed by atoms with E-state index in [-0.39, 0.29) is 28.0 Å². The van der Waals surface area contributed by atoms with Crippen molar-refractivity contribution < 1.29 is 22.8 Å². The van der Waals surface area contributed by atoms with Crippen LogP contribution in [0.25, 0.3) is 11.4 Å². The summed E-state index contributed by atoms with van der Waals surface area (Å²) in [6.45, 7) is 7.03. The van der Waals surface area contributed by atoms with Gasteiger partial charge in [0.25, 0.3) is 5.91 Å². The molecule has 1 aromatic carbocycles. The fraction of sp³-hybridized carbons (Fsp3) is 0.522. The van der Waals surface area contributed by atoms with Crippen LogP contribution in [0.4, 0.5) is 13.2 Å². The molecule has 2 amide bonds. The number of nitrogens with zero attached hydrogens (tertiary/aromatic N) is 3. The third kappa shape index (κ3) is 5.38. The number of hydrogen-bond donors (Lipinski definition) is 2. The van der Waals surface area contributed by atoms with Crippen molar-refractivity contribution in [2.75, 3.05) is 20.6 Å². The Balaban J connectivity index is 2.14. The first-order valence-corrected chi connectivity index (χ1v) is 11.3. The third-order valence-electron chi connectivity index (χ3n) is 5.81. The molecule has 0 saturated carbocycles. The molecule has 3 rings (SSSR count). The minimum absolute atomic E-state index is 0.0652. The maximum Gasteiger partial charge on any atom is 0.416 e. The predicted molar refractivity (Wildman–Crippen MR) is 123 cm³/mol. The number of carbonyl (C=O) groups is 2. The molecule has 2 aromatic rings. The van der Waals surface area contributed by atoms with Crippen LogP contribution >= 0.6 is 11.6 Å². The minimum atomic E-state index is -4.55. The average molecular weight is 500 g/mol. The van der Waals surface area contributed by atoms with E-state index in [0.29, 0.717) is 25.2 Å². The van der Waals surface area contributed by atoms with Crippen LogP contribution < -0.4 is 10.6 Å². The summed E-state index contributed by atoms with van der Waals surface area (Å²) in [6.07, 6.45) is -3.84. The zero-order valence-corrected chi connectivity index (χ0v) is 20.6. The van der Waals surface area contributed by atoms with Gasteiger partial charge in [-0.25, -0.2) is 4.98 Å². The Morgan fingerprint density at radius 3 is 2.44 bits per heavy atom. The Kier molecular flexibility index (Phi) is 7.33. The molecular weight excluding hydrogens is 471 g/mol. The monoisotopic (exact) mass is 499 g/mol. The average Bonchev–Trinajstić information content (AvgIpc) is 2.96. The van der Waals surface area contributed by atoms with Gasteiger partial charge in [-0.3, -0.25) is 9.59 Å². The van der Waals surface area contributed by atoms with E-state index in [4.69, 9.17) is 11.6 Å². The molecule has 11 heteroatoms. The number of alkyl halides is 3. The number of halogens is 4. The SMILES string of the molecule is CNC(=O)C(NC(=O)c1nc(-c2cc(C(F)(F)F)ccc2Cl)n2c1CN(C)CCC2)C(C)(C)C. The molecular formula is C23H29ClF3N5O2. The predicted octanol–water partition coefficient (Wildman–Crippen LogP) is 3.95. The Labute approximate surface area is 201 Å². The molecule has 7 nitrogen and oxygen atoms in total. The smallest absolute Gasteiger partial charge is 0.357 e. The Bertz CT molecular complexity index is 1090. The highest BCUT2D eigenvalue weighted by Gasteiger charge is 2.36. The zero-order chi connectivity index (χ0) is 25.4. The van der Waals surface area contributed by atoms with Gasteiger partial charge in [-0.2, -0.15) is 13.2 Å². The molecule has 0 bridgehead atoms. The van der Waals surface area contributed by atoms with Crippen molar-refractivity contribution in [1.82, 2.24) is 25.1 Å². The summed E-state index contributed by atoms with van der Waals surface area (Å²) < 4.78 is 41.9. The highest BCUT2D eigenvalue weighted by Crippen LogP contribution is 2.37. The van der Waals surface area contributed by atoms with E-state index in [2.05, 4.69) is 15.6 Å². The van der Waals surface area contributed by atoms with Gasteiger partial charge in [-0.05, 0) is 43.6 Å². The van der Waals surface area contributed by atoms with E-state index in [9.17, 15) is 22.8 Å². The Hall–Kier alpha value is -2.59. The van der Waals surface area contributed by atoms with Gasteiger partial charge in [-0.1, -0.05) is 32.4 Å². The highest BCUT2D eigenvalue weighted by molar-refractivity contribution is 6.33. The highest BCUT2D eigenvalue weighted by atomic mass is 35.5. The number of hydrogen-bond acceptors (Lipinski definition) is 4. The van der Waals surface area contributed by atoms with Gasteiger partial charge in [0.2, 0.25) is 5.91 Å². The van der Waals surface area contributed by atoms with E-state index < -0.39 is 29.1 Å². The maximum absolute atomic E-state index is 13.4. The molecule has 2 N–H and O–H groups in total.